The standard InChI is InChI=1S/C27H46O/c1-17-9-19(3)26-7-5-21(13-23(26)11-17)15-25(28)16-22-6-8-27-20(4)10-18(2)12-24(27)14-22/h17-24,26-27H,5-16H2,1-4H3. The van der Waals surface area contributed by atoms with Crippen LogP contribution in [-0.4, -0.2) is 5.78 Å². The van der Waals surface area contributed by atoms with E-state index in [0.29, 0.717) is 17.6 Å². The molecular weight excluding hydrogens is 340 g/mol. The number of hydrogen-bond acceptors (Lipinski definition) is 1. The number of carbonyl (C=O) groups is 1. The Bertz CT molecular complexity index is 492. The van der Waals surface area contributed by atoms with Gasteiger partial charge < -0.3 is 0 Å². The summed E-state index contributed by atoms with van der Waals surface area (Å²) in [5, 5.41) is 0. The Kier molecular flexibility index (Phi) is 6.58. The Hall–Kier alpha value is -0.330. The average molecular weight is 387 g/mol. The van der Waals surface area contributed by atoms with Crippen LogP contribution < -0.4 is 0 Å². The molecule has 1 nitrogen and oxygen atoms in total. The first-order valence-corrected chi connectivity index (χ1v) is 12.9. The summed E-state index contributed by atoms with van der Waals surface area (Å²) < 4.78 is 0. The van der Waals surface area contributed by atoms with E-state index in [1.165, 1.54) is 64.2 Å². The first-order valence-electron chi connectivity index (χ1n) is 12.9. The van der Waals surface area contributed by atoms with Crippen molar-refractivity contribution in [3.63, 3.8) is 0 Å². The summed E-state index contributed by atoms with van der Waals surface area (Å²) in [5.41, 5.74) is 0. The minimum Gasteiger partial charge on any atom is -0.300 e. The van der Waals surface area contributed by atoms with Crippen molar-refractivity contribution in [2.24, 2.45) is 59.2 Å². The second kappa shape index (κ2) is 8.81. The van der Waals surface area contributed by atoms with Crippen molar-refractivity contribution in [3.05, 3.63) is 0 Å². The molecule has 10 unspecified atom stereocenters. The lowest BCUT2D eigenvalue weighted by atomic mass is 9.60. The summed E-state index contributed by atoms with van der Waals surface area (Å²) in [6, 6.07) is 0. The minimum absolute atomic E-state index is 0.612. The maximum absolute atomic E-state index is 13.0. The molecule has 0 bridgehead atoms. The molecule has 0 N–H and O–H groups in total. The monoisotopic (exact) mass is 386 g/mol. The molecule has 160 valence electrons. The van der Waals surface area contributed by atoms with Gasteiger partial charge in [0.15, 0.2) is 0 Å². The van der Waals surface area contributed by atoms with E-state index in [-0.39, 0.29) is 0 Å². The molecule has 0 saturated heterocycles. The van der Waals surface area contributed by atoms with E-state index in [4.69, 9.17) is 0 Å². The first-order chi connectivity index (χ1) is 13.4. The van der Waals surface area contributed by atoms with E-state index in [1.54, 1.807) is 0 Å². The van der Waals surface area contributed by atoms with E-state index in [2.05, 4.69) is 27.7 Å². The second-order valence-electron chi connectivity index (χ2n) is 12.3. The van der Waals surface area contributed by atoms with Crippen molar-refractivity contribution in [1.82, 2.24) is 0 Å². The molecule has 0 aliphatic heterocycles. The van der Waals surface area contributed by atoms with Crippen molar-refractivity contribution in [3.8, 4) is 0 Å². The van der Waals surface area contributed by atoms with Gasteiger partial charge in [-0.2, -0.15) is 0 Å². The molecule has 1 heteroatoms. The smallest absolute Gasteiger partial charge is 0.133 e. The molecule has 4 saturated carbocycles. The maximum Gasteiger partial charge on any atom is 0.133 e. The predicted octanol–water partition coefficient (Wildman–Crippen LogP) is 7.53. The molecule has 4 rings (SSSR count). The Morgan fingerprint density at radius 2 is 1.04 bits per heavy atom. The number of carbonyl (C=O) groups excluding carboxylic acids is 1. The Balaban J connectivity index is 1.25. The van der Waals surface area contributed by atoms with Crippen LogP contribution in [0.15, 0.2) is 0 Å². The Labute approximate surface area is 174 Å². The summed E-state index contributed by atoms with van der Waals surface area (Å²) in [4.78, 5) is 13.0. The van der Waals surface area contributed by atoms with Gasteiger partial charge in [0.05, 0.1) is 0 Å². The van der Waals surface area contributed by atoms with Gasteiger partial charge in [0.2, 0.25) is 0 Å². The van der Waals surface area contributed by atoms with Gasteiger partial charge in [-0.15, -0.1) is 0 Å². The van der Waals surface area contributed by atoms with Crippen molar-refractivity contribution in [1.29, 1.82) is 0 Å². The van der Waals surface area contributed by atoms with E-state index >= 15 is 0 Å². The topological polar surface area (TPSA) is 17.1 Å². The van der Waals surface area contributed by atoms with Crippen LogP contribution in [0.25, 0.3) is 0 Å². The molecule has 4 aliphatic rings. The fourth-order valence-electron chi connectivity index (χ4n) is 8.75. The van der Waals surface area contributed by atoms with Gasteiger partial charge in [-0.05, 0) is 123 Å². The van der Waals surface area contributed by atoms with Crippen LogP contribution in [0.4, 0.5) is 0 Å². The van der Waals surface area contributed by atoms with Crippen LogP contribution in [0.5, 0.6) is 0 Å². The summed E-state index contributed by atoms with van der Waals surface area (Å²) in [6.45, 7) is 9.87. The molecular formula is C27H46O. The lowest BCUT2D eigenvalue weighted by Gasteiger charge is -2.45. The normalized spacial score (nSPS) is 49.1. The van der Waals surface area contributed by atoms with Gasteiger partial charge in [-0.1, -0.05) is 27.7 Å². The third kappa shape index (κ3) is 4.70. The molecule has 0 aromatic rings. The molecule has 0 aromatic carbocycles. The third-order valence-corrected chi connectivity index (χ3v) is 9.75. The summed E-state index contributed by atoms with van der Waals surface area (Å²) in [5.74, 6) is 9.44. The van der Waals surface area contributed by atoms with Crippen LogP contribution in [-0.2, 0) is 4.79 Å². The molecule has 0 heterocycles. The van der Waals surface area contributed by atoms with Gasteiger partial charge in [-0.25, -0.2) is 0 Å². The lowest BCUT2D eigenvalue weighted by Crippen LogP contribution is -2.37. The zero-order valence-corrected chi connectivity index (χ0v) is 19.2. The molecule has 4 fully saturated rings. The molecule has 0 amide bonds. The van der Waals surface area contributed by atoms with E-state index in [9.17, 15) is 4.79 Å². The van der Waals surface area contributed by atoms with Crippen LogP contribution in [0.1, 0.15) is 105 Å². The number of hydrogen-bond donors (Lipinski definition) is 0. The Morgan fingerprint density at radius 1 is 0.607 bits per heavy atom. The largest absolute Gasteiger partial charge is 0.300 e. The lowest BCUT2D eigenvalue weighted by molar-refractivity contribution is -0.122. The molecule has 0 radical (unpaired) electrons. The van der Waals surface area contributed by atoms with Crippen molar-refractivity contribution in [2.45, 2.75) is 105 Å². The number of rotatable bonds is 4. The van der Waals surface area contributed by atoms with E-state index < -0.39 is 0 Å². The number of Topliss-reactive ketones (excluding diaryl/α,β-unsaturated/α-hetero) is 1. The van der Waals surface area contributed by atoms with Gasteiger partial charge in [-0.3, -0.25) is 4.79 Å². The fourth-order valence-corrected chi connectivity index (χ4v) is 8.75. The van der Waals surface area contributed by atoms with Gasteiger partial charge >= 0.3 is 0 Å². The zero-order valence-electron chi connectivity index (χ0n) is 19.2. The molecule has 4 aliphatic carbocycles. The molecule has 28 heavy (non-hydrogen) atoms. The van der Waals surface area contributed by atoms with Crippen molar-refractivity contribution < 1.29 is 4.79 Å². The number of ketones is 1. The maximum atomic E-state index is 13.0. The van der Waals surface area contributed by atoms with Crippen molar-refractivity contribution >= 4 is 5.78 Å². The predicted molar refractivity (Wildman–Crippen MR) is 118 cm³/mol. The van der Waals surface area contributed by atoms with Gasteiger partial charge in [0.1, 0.15) is 5.78 Å². The van der Waals surface area contributed by atoms with Crippen LogP contribution in [0, 0.1) is 59.2 Å². The highest BCUT2D eigenvalue weighted by atomic mass is 16.1. The third-order valence-electron chi connectivity index (χ3n) is 9.75. The van der Waals surface area contributed by atoms with E-state index in [1.807, 2.05) is 0 Å². The summed E-state index contributed by atoms with van der Waals surface area (Å²) in [6.07, 6.45) is 15.7. The highest BCUT2D eigenvalue weighted by Crippen LogP contribution is 2.49. The molecule has 10 atom stereocenters. The first kappa shape index (κ1) is 20.9. The summed E-state index contributed by atoms with van der Waals surface area (Å²) in [7, 11) is 0. The fraction of sp³-hybridized carbons (Fsp3) is 0.963. The SMILES string of the molecule is CC1CC(C)C2CCC(CC(=O)CC3CCC4C(C)CC(C)CC4C3)CC2C1. The Morgan fingerprint density at radius 3 is 1.46 bits per heavy atom. The average Bonchev–Trinajstić information content (AvgIpc) is 2.60. The van der Waals surface area contributed by atoms with Gasteiger partial charge in [0.25, 0.3) is 0 Å². The highest BCUT2D eigenvalue weighted by Gasteiger charge is 2.40. The zero-order chi connectivity index (χ0) is 19.8. The van der Waals surface area contributed by atoms with Crippen LogP contribution in [0.3, 0.4) is 0 Å². The molecule has 0 aromatic heterocycles. The highest BCUT2D eigenvalue weighted by molar-refractivity contribution is 5.78. The summed E-state index contributed by atoms with van der Waals surface area (Å²) >= 11 is 0. The molecule has 0 spiro atoms. The van der Waals surface area contributed by atoms with Crippen LogP contribution in [0.2, 0.25) is 0 Å². The van der Waals surface area contributed by atoms with Gasteiger partial charge in [0, 0.05) is 12.8 Å². The quantitative estimate of drug-likeness (QED) is 0.488. The van der Waals surface area contributed by atoms with Crippen LogP contribution >= 0.6 is 0 Å². The minimum atomic E-state index is 0.612. The van der Waals surface area contributed by atoms with E-state index in [0.717, 1.165) is 60.2 Å². The van der Waals surface area contributed by atoms with Crippen molar-refractivity contribution in [2.75, 3.05) is 0 Å². The second-order valence-corrected chi connectivity index (χ2v) is 12.3. The number of fused-ring (bicyclic) bond motifs is 2.